The van der Waals surface area contributed by atoms with Crippen LogP contribution in [-0.2, 0) is 6.54 Å². The largest absolute Gasteiger partial charge is 0.496 e. The van der Waals surface area contributed by atoms with E-state index in [4.69, 9.17) is 16.3 Å². The fourth-order valence-electron chi connectivity index (χ4n) is 2.12. The fourth-order valence-corrected chi connectivity index (χ4v) is 2.31. The van der Waals surface area contributed by atoms with E-state index in [1.54, 1.807) is 7.11 Å². The predicted molar refractivity (Wildman–Crippen MR) is 71.6 cm³/mol. The molecule has 0 saturated heterocycles. The topological polar surface area (TPSA) is 21.3 Å². The Balaban J connectivity index is 1.97. The Morgan fingerprint density at radius 1 is 1.41 bits per heavy atom. The molecule has 1 aromatic carbocycles. The Labute approximate surface area is 108 Å². The van der Waals surface area contributed by atoms with Crippen molar-refractivity contribution in [2.24, 2.45) is 0 Å². The SMILES string of the molecule is COc1ccc(Cl)cc1CNC1CC=CCC1. The Morgan fingerprint density at radius 2 is 2.29 bits per heavy atom. The minimum absolute atomic E-state index is 0.573. The van der Waals surface area contributed by atoms with Crippen LogP contribution >= 0.6 is 11.6 Å². The van der Waals surface area contributed by atoms with E-state index in [0.29, 0.717) is 6.04 Å². The molecule has 2 rings (SSSR count). The molecule has 0 spiro atoms. The summed E-state index contributed by atoms with van der Waals surface area (Å²) in [4.78, 5) is 0. The zero-order chi connectivity index (χ0) is 12.1. The van der Waals surface area contributed by atoms with Gasteiger partial charge in [-0.05, 0) is 37.5 Å². The van der Waals surface area contributed by atoms with Crippen molar-refractivity contribution in [1.82, 2.24) is 5.32 Å². The summed E-state index contributed by atoms with van der Waals surface area (Å²) >= 11 is 6.00. The van der Waals surface area contributed by atoms with Crippen LogP contribution < -0.4 is 10.1 Å². The van der Waals surface area contributed by atoms with Crippen LogP contribution in [-0.4, -0.2) is 13.2 Å². The molecule has 1 aliphatic rings. The first-order valence-electron chi connectivity index (χ1n) is 6.00. The molecule has 1 aliphatic carbocycles. The van der Waals surface area contributed by atoms with Crippen molar-refractivity contribution >= 4 is 11.6 Å². The highest BCUT2D eigenvalue weighted by molar-refractivity contribution is 6.30. The van der Waals surface area contributed by atoms with Crippen molar-refractivity contribution in [1.29, 1.82) is 0 Å². The van der Waals surface area contributed by atoms with Crippen molar-refractivity contribution in [3.05, 3.63) is 40.9 Å². The summed E-state index contributed by atoms with van der Waals surface area (Å²) in [7, 11) is 1.69. The van der Waals surface area contributed by atoms with E-state index in [9.17, 15) is 0 Å². The van der Waals surface area contributed by atoms with E-state index in [-0.39, 0.29) is 0 Å². The zero-order valence-electron chi connectivity index (χ0n) is 10.1. The van der Waals surface area contributed by atoms with Crippen LogP contribution in [0.15, 0.2) is 30.4 Å². The molecular weight excluding hydrogens is 234 g/mol. The number of hydrogen-bond donors (Lipinski definition) is 1. The van der Waals surface area contributed by atoms with Gasteiger partial charge in [-0.15, -0.1) is 0 Å². The molecule has 0 fully saturated rings. The lowest BCUT2D eigenvalue weighted by molar-refractivity contribution is 0.402. The summed E-state index contributed by atoms with van der Waals surface area (Å²) in [6.07, 6.45) is 7.99. The van der Waals surface area contributed by atoms with E-state index in [1.807, 2.05) is 18.2 Å². The third-order valence-electron chi connectivity index (χ3n) is 3.09. The van der Waals surface area contributed by atoms with Gasteiger partial charge in [0.2, 0.25) is 0 Å². The van der Waals surface area contributed by atoms with Crippen LogP contribution in [0.4, 0.5) is 0 Å². The molecule has 17 heavy (non-hydrogen) atoms. The number of nitrogens with one attached hydrogen (secondary N) is 1. The second kappa shape index (κ2) is 6.08. The van der Waals surface area contributed by atoms with E-state index in [0.717, 1.165) is 29.3 Å². The summed E-state index contributed by atoms with van der Waals surface area (Å²) in [6.45, 7) is 0.808. The average Bonchev–Trinajstić information content (AvgIpc) is 2.38. The second-order valence-electron chi connectivity index (χ2n) is 4.32. The first-order valence-corrected chi connectivity index (χ1v) is 6.38. The molecule has 0 radical (unpaired) electrons. The van der Waals surface area contributed by atoms with E-state index in [1.165, 1.54) is 12.8 Å². The minimum Gasteiger partial charge on any atom is -0.496 e. The third kappa shape index (κ3) is 3.48. The zero-order valence-corrected chi connectivity index (χ0v) is 10.8. The fraction of sp³-hybridized carbons (Fsp3) is 0.429. The number of allylic oxidation sites excluding steroid dienone is 1. The maximum atomic E-state index is 6.00. The van der Waals surface area contributed by atoms with Gasteiger partial charge < -0.3 is 10.1 Å². The Hall–Kier alpha value is -0.990. The van der Waals surface area contributed by atoms with Gasteiger partial charge in [0.1, 0.15) is 5.75 Å². The van der Waals surface area contributed by atoms with Gasteiger partial charge in [0.05, 0.1) is 7.11 Å². The number of benzene rings is 1. The van der Waals surface area contributed by atoms with Gasteiger partial charge in [-0.3, -0.25) is 0 Å². The molecule has 0 bridgehead atoms. The first-order chi connectivity index (χ1) is 8.29. The monoisotopic (exact) mass is 251 g/mol. The van der Waals surface area contributed by atoms with Crippen molar-refractivity contribution < 1.29 is 4.74 Å². The molecular formula is C14H18ClNO. The van der Waals surface area contributed by atoms with Crippen molar-refractivity contribution in [3.8, 4) is 5.75 Å². The lowest BCUT2D eigenvalue weighted by Crippen LogP contribution is -2.29. The number of ether oxygens (including phenoxy) is 1. The predicted octanol–water partition coefficient (Wildman–Crippen LogP) is 3.55. The van der Waals surface area contributed by atoms with Crippen LogP contribution in [0.2, 0.25) is 5.02 Å². The minimum atomic E-state index is 0.573. The third-order valence-corrected chi connectivity index (χ3v) is 3.33. The van der Waals surface area contributed by atoms with Gasteiger partial charge in [0.25, 0.3) is 0 Å². The van der Waals surface area contributed by atoms with Crippen LogP contribution in [0, 0.1) is 0 Å². The number of rotatable bonds is 4. The van der Waals surface area contributed by atoms with E-state index < -0.39 is 0 Å². The first kappa shape index (κ1) is 12.5. The molecule has 1 aromatic rings. The van der Waals surface area contributed by atoms with Crippen molar-refractivity contribution in [2.45, 2.75) is 31.8 Å². The van der Waals surface area contributed by atoms with Crippen molar-refractivity contribution in [2.75, 3.05) is 7.11 Å². The van der Waals surface area contributed by atoms with Crippen LogP contribution in [0.25, 0.3) is 0 Å². The Kier molecular flexibility index (Phi) is 4.46. The van der Waals surface area contributed by atoms with Gasteiger partial charge >= 0.3 is 0 Å². The molecule has 1 unspecified atom stereocenters. The molecule has 0 aliphatic heterocycles. The number of methoxy groups -OCH3 is 1. The standard InChI is InChI=1S/C14H18ClNO/c1-17-14-8-7-12(15)9-11(14)10-16-13-5-3-2-4-6-13/h2-3,7-9,13,16H,4-6,10H2,1H3. The van der Waals surface area contributed by atoms with Gasteiger partial charge in [-0.2, -0.15) is 0 Å². The van der Waals surface area contributed by atoms with Gasteiger partial charge in [-0.1, -0.05) is 23.8 Å². The van der Waals surface area contributed by atoms with E-state index >= 15 is 0 Å². The normalized spacial score (nSPS) is 19.3. The summed E-state index contributed by atoms with van der Waals surface area (Å²) in [5.74, 6) is 0.897. The number of hydrogen-bond acceptors (Lipinski definition) is 2. The highest BCUT2D eigenvalue weighted by Crippen LogP contribution is 2.23. The molecule has 1 N–H and O–H groups in total. The lowest BCUT2D eigenvalue weighted by Gasteiger charge is -2.20. The smallest absolute Gasteiger partial charge is 0.123 e. The number of halogens is 1. The Bertz CT molecular complexity index is 403. The van der Waals surface area contributed by atoms with Crippen LogP contribution in [0.3, 0.4) is 0 Å². The highest BCUT2D eigenvalue weighted by Gasteiger charge is 2.10. The highest BCUT2D eigenvalue weighted by atomic mass is 35.5. The van der Waals surface area contributed by atoms with E-state index in [2.05, 4.69) is 17.5 Å². The molecule has 1 atom stereocenters. The van der Waals surface area contributed by atoms with Gasteiger partial charge in [0, 0.05) is 23.2 Å². The van der Waals surface area contributed by atoms with Gasteiger partial charge in [0.15, 0.2) is 0 Å². The molecule has 0 saturated carbocycles. The summed E-state index contributed by atoms with van der Waals surface area (Å²) < 4.78 is 5.33. The maximum Gasteiger partial charge on any atom is 0.123 e. The summed E-state index contributed by atoms with van der Waals surface area (Å²) in [6, 6.07) is 6.31. The molecule has 3 heteroatoms. The quantitative estimate of drug-likeness (QED) is 0.827. The average molecular weight is 252 g/mol. The van der Waals surface area contributed by atoms with Crippen molar-refractivity contribution in [3.63, 3.8) is 0 Å². The van der Waals surface area contributed by atoms with Crippen LogP contribution in [0.5, 0.6) is 5.75 Å². The van der Waals surface area contributed by atoms with Gasteiger partial charge in [-0.25, -0.2) is 0 Å². The molecule has 92 valence electrons. The second-order valence-corrected chi connectivity index (χ2v) is 4.75. The Morgan fingerprint density at radius 3 is 3.00 bits per heavy atom. The molecule has 0 aromatic heterocycles. The summed E-state index contributed by atoms with van der Waals surface area (Å²) in [5.41, 5.74) is 1.12. The lowest BCUT2D eigenvalue weighted by atomic mass is 10.0. The maximum absolute atomic E-state index is 6.00. The molecule has 0 heterocycles. The molecule has 0 amide bonds. The summed E-state index contributed by atoms with van der Waals surface area (Å²) in [5, 5.41) is 4.31. The van der Waals surface area contributed by atoms with Crippen LogP contribution in [0.1, 0.15) is 24.8 Å². The molecule has 2 nitrogen and oxygen atoms in total.